The third-order valence-electron chi connectivity index (χ3n) is 4.03. The molecule has 0 saturated heterocycles. The Balaban J connectivity index is 1.69. The van der Waals surface area contributed by atoms with E-state index in [1.807, 2.05) is 30.3 Å². The van der Waals surface area contributed by atoms with Crippen LogP contribution in [0.2, 0.25) is 0 Å². The number of rotatable bonds is 6. The fourth-order valence-electron chi connectivity index (χ4n) is 2.54. The van der Waals surface area contributed by atoms with Gasteiger partial charge in [-0.2, -0.15) is 0 Å². The zero-order valence-corrected chi connectivity index (χ0v) is 15.8. The Kier molecular flexibility index (Phi) is 5.74. The highest BCUT2D eigenvalue weighted by Crippen LogP contribution is 2.24. The number of carbonyl (C=O) groups excluding carboxylic acids is 2. The number of hydrogen-bond acceptors (Lipinski definition) is 6. The zero-order valence-electron chi connectivity index (χ0n) is 15.8. The highest BCUT2D eigenvalue weighted by Gasteiger charge is 2.24. The van der Waals surface area contributed by atoms with Gasteiger partial charge < -0.3 is 19.2 Å². The monoisotopic (exact) mass is 380 g/mol. The van der Waals surface area contributed by atoms with Crippen molar-refractivity contribution in [3.63, 3.8) is 0 Å². The van der Waals surface area contributed by atoms with Gasteiger partial charge in [0.25, 0.3) is 5.91 Å². The number of ether oxygens (including phenoxy) is 2. The standard InChI is InChI=1S/C21H20N2O5/c1-13-18(23-20(27-13)15-9-5-4-6-10-15)21(25)28-14(2)19(24)22-16-11-7-8-12-17(16)26-3/h4-12,14H,1-3H3,(H,22,24)/t14-/m0/s1. The van der Waals surface area contributed by atoms with Gasteiger partial charge in [-0.15, -0.1) is 0 Å². The molecule has 7 nitrogen and oxygen atoms in total. The lowest BCUT2D eigenvalue weighted by Crippen LogP contribution is -2.30. The van der Waals surface area contributed by atoms with E-state index >= 15 is 0 Å². The summed E-state index contributed by atoms with van der Waals surface area (Å²) >= 11 is 0. The second-order valence-electron chi connectivity index (χ2n) is 6.03. The van der Waals surface area contributed by atoms with Gasteiger partial charge in [0, 0.05) is 5.56 Å². The van der Waals surface area contributed by atoms with Crippen LogP contribution < -0.4 is 10.1 Å². The van der Waals surface area contributed by atoms with E-state index in [-0.39, 0.29) is 5.69 Å². The van der Waals surface area contributed by atoms with E-state index in [2.05, 4.69) is 10.3 Å². The van der Waals surface area contributed by atoms with Crippen LogP contribution in [0.3, 0.4) is 0 Å². The van der Waals surface area contributed by atoms with Crippen molar-refractivity contribution in [3.05, 3.63) is 66.1 Å². The third-order valence-corrected chi connectivity index (χ3v) is 4.03. The van der Waals surface area contributed by atoms with Gasteiger partial charge in [0.05, 0.1) is 12.8 Å². The molecule has 0 saturated carbocycles. The minimum absolute atomic E-state index is 0.0378. The first kappa shape index (κ1) is 19.2. The Morgan fingerprint density at radius 3 is 2.46 bits per heavy atom. The molecule has 0 bridgehead atoms. The van der Waals surface area contributed by atoms with E-state index in [1.165, 1.54) is 14.0 Å². The molecule has 7 heteroatoms. The van der Waals surface area contributed by atoms with Crippen LogP contribution in [-0.4, -0.2) is 30.1 Å². The van der Waals surface area contributed by atoms with Crippen LogP contribution in [-0.2, 0) is 9.53 Å². The average Bonchev–Trinajstić information content (AvgIpc) is 3.10. The summed E-state index contributed by atoms with van der Waals surface area (Å²) < 4.78 is 16.0. The number of nitrogens with one attached hydrogen (secondary N) is 1. The predicted molar refractivity (Wildman–Crippen MR) is 103 cm³/mol. The number of hydrogen-bond donors (Lipinski definition) is 1. The predicted octanol–water partition coefficient (Wildman–Crippen LogP) is 3.84. The summed E-state index contributed by atoms with van der Waals surface area (Å²) in [5.74, 6) is -0.0695. The van der Waals surface area contributed by atoms with Crippen molar-refractivity contribution in [2.45, 2.75) is 20.0 Å². The Morgan fingerprint density at radius 2 is 1.75 bits per heavy atom. The highest BCUT2D eigenvalue weighted by molar-refractivity contribution is 5.98. The molecule has 144 valence electrons. The van der Waals surface area contributed by atoms with Gasteiger partial charge in [-0.3, -0.25) is 4.79 Å². The summed E-state index contributed by atoms with van der Waals surface area (Å²) in [5.41, 5.74) is 1.27. The Bertz CT molecular complexity index is 981. The number of aryl methyl sites for hydroxylation is 1. The topological polar surface area (TPSA) is 90.7 Å². The first-order chi connectivity index (χ1) is 13.5. The summed E-state index contributed by atoms with van der Waals surface area (Å²) in [6.45, 7) is 3.10. The van der Waals surface area contributed by atoms with Crippen molar-refractivity contribution in [1.29, 1.82) is 0 Å². The minimum Gasteiger partial charge on any atom is -0.495 e. The van der Waals surface area contributed by atoms with Gasteiger partial charge in [0.1, 0.15) is 11.5 Å². The number of aromatic nitrogens is 1. The smallest absolute Gasteiger partial charge is 0.361 e. The second-order valence-corrected chi connectivity index (χ2v) is 6.03. The summed E-state index contributed by atoms with van der Waals surface area (Å²) in [7, 11) is 1.51. The quantitative estimate of drug-likeness (QED) is 0.654. The lowest BCUT2D eigenvalue weighted by Gasteiger charge is -2.14. The molecular formula is C21H20N2O5. The summed E-state index contributed by atoms with van der Waals surface area (Å²) in [6.07, 6.45) is -1.03. The van der Waals surface area contributed by atoms with E-state index in [9.17, 15) is 9.59 Å². The van der Waals surface area contributed by atoms with Gasteiger partial charge in [0.2, 0.25) is 5.89 Å². The lowest BCUT2D eigenvalue weighted by molar-refractivity contribution is -0.123. The van der Waals surface area contributed by atoms with Crippen molar-refractivity contribution in [1.82, 2.24) is 4.98 Å². The molecule has 28 heavy (non-hydrogen) atoms. The number of amides is 1. The molecule has 0 unspecified atom stereocenters. The molecular weight excluding hydrogens is 360 g/mol. The van der Waals surface area contributed by atoms with Gasteiger partial charge in [-0.25, -0.2) is 9.78 Å². The number of esters is 1. The van der Waals surface area contributed by atoms with E-state index in [4.69, 9.17) is 13.9 Å². The first-order valence-corrected chi connectivity index (χ1v) is 8.67. The van der Waals surface area contributed by atoms with Crippen LogP contribution >= 0.6 is 0 Å². The van der Waals surface area contributed by atoms with Crippen molar-refractivity contribution >= 4 is 17.6 Å². The van der Waals surface area contributed by atoms with Gasteiger partial charge in [-0.1, -0.05) is 30.3 Å². The molecule has 1 atom stereocenters. The molecule has 1 heterocycles. The van der Waals surface area contributed by atoms with E-state index in [1.54, 1.807) is 31.2 Å². The third kappa shape index (κ3) is 4.20. The highest BCUT2D eigenvalue weighted by atomic mass is 16.5. The van der Waals surface area contributed by atoms with Crippen molar-refractivity contribution in [2.24, 2.45) is 0 Å². The second kappa shape index (κ2) is 8.39. The van der Waals surface area contributed by atoms with Gasteiger partial charge in [-0.05, 0) is 38.1 Å². The molecule has 1 N–H and O–H groups in total. The fourth-order valence-corrected chi connectivity index (χ4v) is 2.54. The lowest BCUT2D eigenvalue weighted by atomic mass is 10.2. The molecule has 1 amide bonds. The molecule has 3 aromatic rings. The number of methoxy groups -OCH3 is 1. The molecule has 0 radical (unpaired) electrons. The van der Waals surface area contributed by atoms with E-state index in [0.29, 0.717) is 23.1 Å². The Hall–Kier alpha value is -3.61. The van der Waals surface area contributed by atoms with Crippen LogP contribution in [0.5, 0.6) is 5.75 Å². The molecule has 0 aliphatic rings. The number of anilines is 1. The van der Waals surface area contributed by atoms with Crippen LogP contribution in [0.1, 0.15) is 23.2 Å². The molecule has 3 rings (SSSR count). The Labute approximate surface area is 162 Å². The maximum absolute atomic E-state index is 12.5. The zero-order chi connectivity index (χ0) is 20.1. The van der Waals surface area contributed by atoms with Crippen LogP contribution in [0.15, 0.2) is 59.0 Å². The number of carbonyl (C=O) groups is 2. The maximum Gasteiger partial charge on any atom is 0.361 e. The normalized spacial score (nSPS) is 11.5. The van der Waals surface area contributed by atoms with Crippen molar-refractivity contribution < 1.29 is 23.5 Å². The van der Waals surface area contributed by atoms with Gasteiger partial charge in [0.15, 0.2) is 11.8 Å². The molecule has 0 aliphatic carbocycles. The number of para-hydroxylation sites is 2. The first-order valence-electron chi connectivity index (χ1n) is 8.67. The Morgan fingerprint density at radius 1 is 1.07 bits per heavy atom. The average molecular weight is 380 g/mol. The van der Waals surface area contributed by atoms with Crippen LogP contribution in [0, 0.1) is 6.92 Å². The van der Waals surface area contributed by atoms with E-state index < -0.39 is 18.0 Å². The summed E-state index contributed by atoms with van der Waals surface area (Å²) in [4.78, 5) is 29.0. The number of nitrogens with zero attached hydrogens (tertiary/aromatic N) is 1. The molecule has 0 aliphatic heterocycles. The largest absolute Gasteiger partial charge is 0.495 e. The fraction of sp³-hybridized carbons (Fsp3) is 0.190. The summed E-state index contributed by atoms with van der Waals surface area (Å²) in [6, 6.07) is 16.2. The van der Waals surface area contributed by atoms with Crippen molar-refractivity contribution in [2.75, 3.05) is 12.4 Å². The molecule has 1 aromatic heterocycles. The van der Waals surface area contributed by atoms with E-state index in [0.717, 1.165) is 5.56 Å². The van der Waals surface area contributed by atoms with Crippen LogP contribution in [0.4, 0.5) is 5.69 Å². The number of benzene rings is 2. The molecule has 0 spiro atoms. The molecule has 0 fully saturated rings. The van der Waals surface area contributed by atoms with Crippen molar-refractivity contribution in [3.8, 4) is 17.2 Å². The maximum atomic E-state index is 12.5. The molecule has 2 aromatic carbocycles. The SMILES string of the molecule is COc1ccccc1NC(=O)[C@H](C)OC(=O)c1nc(-c2ccccc2)oc1C. The van der Waals surface area contributed by atoms with Crippen LogP contribution in [0.25, 0.3) is 11.5 Å². The summed E-state index contributed by atoms with van der Waals surface area (Å²) in [5, 5.41) is 2.68. The number of oxazole rings is 1. The minimum atomic E-state index is -1.03. The van der Waals surface area contributed by atoms with Gasteiger partial charge >= 0.3 is 5.97 Å².